The number of hydrogen-bond acceptors (Lipinski definition) is 19. The van der Waals surface area contributed by atoms with E-state index in [1.807, 2.05) is 91.9 Å². The number of fused-ring (bicyclic) bond motifs is 12. The van der Waals surface area contributed by atoms with E-state index in [1.54, 1.807) is 12.2 Å². The zero-order chi connectivity index (χ0) is 68.7. The van der Waals surface area contributed by atoms with Crippen LogP contribution in [0.3, 0.4) is 0 Å². The molecular formula is C68H75N11O17S2. The first kappa shape index (κ1) is 66.8. The molecule has 4 aromatic rings. The Hall–Kier alpha value is -9.84. The topological polar surface area (TPSA) is 384 Å². The molecule has 9 amide bonds. The number of carbonyl (C=O) groups excluding carboxylic acids is 8. The normalized spacial score (nSPS) is 29.2. The maximum absolute atomic E-state index is 13.9. The van der Waals surface area contributed by atoms with E-state index < -0.39 is 131 Å². The van der Waals surface area contributed by atoms with Crippen LogP contribution < -0.4 is 56.6 Å². The molecule has 8 aliphatic carbocycles. The first-order valence-corrected chi connectivity index (χ1v) is 36.1. The van der Waals surface area contributed by atoms with E-state index in [1.165, 1.54) is 6.08 Å². The van der Waals surface area contributed by atoms with E-state index in [0.717, 1.165) is 44.5 Å². The third-order valence-corrected chi connectivity index (χ3v) is 23.4. The fourth-order valence-corrected chi connectivity index (χ4v) is 16.6. The standard InChI is InChI=1S/C34H36N6O8S.C34H39N5O9S/c1-2-19-18-34(19,32(43)40-49(45,46)22-10-11-22)36-30(41)27-16-21-17-28(27)31(42)37-38-33(44)35-13-5-6-14-47-20-9-12-24-23-7-3-4-8-25(23)29(39-48-21)26(24)15-20;1-2-19-18-34(19,32(42)39-49(44,45)22-10-11-22)35-30(40)27-16-21-17-28(27)31(41)36-37-33(43)47-14-6-5-13-46-20-9-12-24-23-7-3-4-8-25(23)29(38-48-21)26(24)15-20/h2-9,12,15,19,21-22,27-28H,1,10-11,13-14,16-18H2,(H,36,41)(H,37,42)(H,40,43)(H2,35,38,44);3-4,7-9,12,15,19,21-22,27-28H,2,5-6,10-11,13-14,16-18H2,1H3,(H,35,40)(H,36,41)(H,37,43)(H,39,42)/b6-5+,39-29-;38-29-/t2*19-,21-,27-,28-,34-/m11/s1. The Labute approximate surface area is 564 Å². The van der Waals surface area contributed by atoms with Crippen LogP contribution in [0, 0.1) is 35.5 Å². The van der Waals surface area contributed by atoms with Gasteiger partial charge >= 0.3 is 12.1 Å². The SMILES string of the molecule is C=C[C@@H]1C[C@]1(NC(=O)[C@@H]1C[C@@H]2C[C@H]1C(=O)NNC(=O)NC/C=C/COc1ccc3c(c1)/C(=N\O2)c1ccccc1-3)C(=O)NS(=O)(=O)C1CC1.CC[C@@H]1C[C@]1(NC(=O)[C@@H]1C[C@@H]2C[C@H]1C(=O)NNC(=O)OCCCCOc1ccc3c(c1)/C(=N\O2)c1ccccc1-3)C(=O)NS(=O)(=O)C1CC1. The van der Waals surface area contributed by atoms with E-state index in [4.69, 9.17) is 23.9 Å². The van der Waals surface area contributed by atoms with Crippen LogP contribution in [0.4, 0.5) is 9.59 Å². The van der Waals surface area contributed by atoms with Gasteiger partial charge in [0.2, 0.25) is 43.7 Å². The minimum Gasteiger partial charge on any atom is -0.494 e. The molecule has 6 fully saturated rings. The Kier molecular flexibility index (Phi) is 18.5. The number of urea groups is 1. The molecule has 0 unspecified atom stereocenters. The summed E-state index contributed by atoms with van der Waals surface area (Å²) in [6.45, 7) is 6.53. The average molecular weight is 1380 g/mol. The Bertz CT molecular complexity index is 4270. The Balaban J connectivity index is 0.000000176. The molecule has 0 spiro atoms. The molecule has 9 N–H and O–H groups in total. The molecule has 2 aliphatic heterocycles. The van der Waals surface area contributed by atoms with Gasteiger partial charge in [0.05, 0.1) is 47.4 Å². The third kappa shape index (κ3) is 13.9. The summed E-state index contributed by atoms with van der Waals surface area (Å²) in [6, 6.07) is 26.4. The van der Waals surface area contributed by atoms with Gasteiger partial charge < -0.3 is 39.8 Å². The van der Waals surface area contributed by atoms with Crippen LogP contribution in [0.5, 0.6) is 11.5 Å². The van der Waals surface area contributed by atoms with E-state index in [2.05, 4.69) is 64.0 Å². The minimum atomic E-state index is -3.87. The number of hydrazine groups is 2. The first-order valence-electron chi connectivity index (χ1n) is 33.0. The molecule has 30 heteroatoms. The summed E-state index contributed by atoms with van der Waals surface area (Å²) >= 11 is 0. The van der Waals surface area contributed by atoms with Crippen molar-refractivity contribution < 1.29 is 79.1 Å². The number of rotatable bonds is 12. The first-order chi connectivity index (χ1) is 47.2. The van der Waals surface area contributed by atoms with Gasteiger partial charge in [-0.1, -0.05) is 84.3 Å². The summed E-state index contributed by atoms with van der Waals surface area (Å²) < 4.78 is 71.7. The Morgan fingerprint density at radius 2 is 1.07 bits per heavy atom. The van der Waals surface area contributed by atoms with Crippen molar-refractivity contribution in [3.8, 4) is 33.8 Å². The molecule has 10 atom stereocenters. The number of ether oxygens (including phenoxy) is 3. The molecular weight excluding hydrogens is 1310 g/mol. The predicted octanol–water partition coefficient (Wildman–Crippen LogP) is 4.43. The highest BCUT2D eigenvalue weighted by Gasteiger charge is 2.64. The van der Waals surface area contributed by atoms with Crippen LogP contribution in [0.2, 0.25) is 0 Å². The third-order valence-electron chi connectivity index (χ3n) is 19.7. The van der Waals surface area contributed by atoms with Crippen LogP contribution in [0.15, 0.2) is 120 Å². The molecule has 14 rings (SSSR count). The van der Waals surface area contributed by atoms with Gasteiger partial charge in [0.1, 0.15) is 52.8 Å². The molecule has 10 aliphatic rings. The fourth-order valence-electron chi connectivity index (χ4n) is 13.8. The van der Waals surface area contributed by atoms with Gasteiger partial charge in [-0.05, 0) is 148 Å². The number of carbonyl (C=O) groups is 8. The van der Waals surface area contributed by atoms with Crippen molar-refractivity contribution in [2.75, 3.05) is 26.4 Å². The summed E-state index contributed by atoms with van der Waals surface area (Å²) in [5.41, 5.74) is 14.8. The van der Waals surface area contributed by atoms with Crippen molar-refractivity contribution in [1.29, 1.82) is 0 Å². The van der Waals surface area contributed by atoms with Crippen LogP contribution in [0.1, 0.15) is 113 Å². The molecule has 28 nitrogen and oxygen atoms in total. The van der Waals surface area contributed by atoms with Crippen molar-refractivity contribution >= 4 is 79.0 Å². The monoisotopic (exact) mass is 1380 g/mol. The second-order valence-corrected chi connectivity index (χ2v) is 30.2. The minimum absolute atomic E-state index is 0.0617. The Morgan fingerprint density at radius 1 is 0.582 bits per heavy atom. The second-order valence-electron chi connectivity index (χ2n) is 26.2. The van der Waals surface area contributed by atoms with Gasteiger partial charge in [-0.3, -0.25) is 49.1 Å². The molecule has 516 valence electrons. The maximum Gasteiger partial charge on any atom is 0.426 e. The van der Waals surface area contributed by atoms with Gasteiger partial charge in [-0.15, -0.1) is 6.58 Å². The number of benzene rings is 4. The highest BCUT2D eigenvalue weighted by atomic mass is 32.2. The van der Waals surface area contributed by atoms with Crippen molar-refractivity contribution in [3.05, 3.63) is 132 Å². The zero-order valence-electron chi connectivity index (χ0n) is 53.5. The van der Waals surface area contributed by atoms with Gasteiger partial charge in [-0.2, -0.15) is 0 Å². The molecule has 8 bridgehead atoms. The lowest BCUT2D eigenvalue weighted by Crippen LogP contribution is -2.55. The average Bonchev–Trinajstić information content (AvgIpc) is 1.61. The number of sulfonamides is 2. The van der Waals surface area contributed by atoms with Gasteiger partial charge in [0.15, 0.2) is 0 Å². The maximum atomic E-state index is 13.9. The van der Waals surface area contributed by atoms with Gasteiger partial charge in [0.25, 0.3) is 11.8 Å². The van der Waals surface area contributed by atoms with Crippen LogP contribution in [-0.4, -0.2) is 136 Å². The molecule has 98 heavy (non-hydrogen) atoms. The van der Waals surface area contributed by atoms with E-state index in [9.17, 15) is 55.2 Å². The molecule has 0 saturated heterocycles. The van der Waals surface area contributed by atoms with Gasteiger partial charge in [-0.25, -0.2) is 37.3 Å². The van der Waals surface area contributed by atoms with Crippen molar-refractivity contribution in [2.45, 2.75) is 124 Å². The number of nitrogens with one attached hydrogen (secondary N) is 9. The van der Waals surface area contributed by atoms with Crippen molar-refractivity contribution in [3.63, 3.8) is 0 Å². The molecule has 6 saturated carbocycles. The quantitative estimate of drug-likeness (QED) is 0.0765. The molecule has 0 radical (unpaired) electrons. The number of oxime groups is 2. The molecule has 2 heterocycles. The highest BCUT2D eigenvalue weighted by Crippen LogP contribution is 2.49. The summed E-state index contributed by atoms with van der Waals surface area (Å²) in [5.74, 6) is -7.51. The molecule has 4 aromatic carbocycles. The summed E-state index contributed by atoms with van der Waals surface area (Å²) in [6.07, 6.45) is 7.04. The number of amides is 9. The summed E-state index contributed by atoms with van der Waals surface area (Å²) in [5, 5.41) is 16.1. The largest absolute Gasteiger partial charge is 0.494 e. The van der Waals surface area contributed by atoms with Crippen molar-refractivity contribution in [1.82, 2.24) is 47.1 Å². The number of nitrogens with zero attached hydrogens (tertiary/aromatic N) is 2. The van der Waals surface area contributed by atoms with E-state index >= 15 is 0 Å². The highest BCUT2D eigenvalue weighted by molar-refractivity contribution is 7.91. The zero-order valence-corrected chi connectivity index (χ0v) is 55.1. The number of hydrogen-bond donors (Lipinski definition) is 9. The smallest absolute Gasteiger partial charge is 0.426 e. The van der Waals surface area contributed by atoms with Crippen LogP contribution >= 0.6 is 0 Å². The molecule has 0 aromatic heterocycles. The van der Waals surface area contributed by atoms with Crippen LogP contribution in [-0.2, 0) is 63.2 Å². The Morgan fingerprint density at radius 3 is 1.58 bits per heavy atom. The van der Waals surface area contributed by atoms with E-state index in [-0.39, 0.29) is 64.2 Å². The lowest BCUT2D eigenvalue weighted by molar-refractivity contribution is -0.136. The summed E-state index contributed by atoms with van der Waals surface area (Å²) in [4.78, 5) is 118. The lowest BCUT2D eigenvalue weighted by Gasteiger charge is -2.23. The summed E-state index contributed by atoms with van der Waals surface area (Å²) in [7, 11) is -7.71. The van der Waals surface area contributed by atoms with Crippen LogP contribution in [0.25, 0.3) is 22.3 Å². The lowest BCUT2D eigenvalue weighted by atomic mass is 9.93. The van der Waals surface area contributed by atoms with Gasteiger partial charge in [0, 0.05) is 34.7 Å². The van der Waals surface area contributed by atoms with E-state index in [0.29, 0.717) is 74.5 Å². The van der Waals surface area contributed by atoms with Crippen molar-refractivity contribution in [2.24, 2.45) is 45.8 Å². The number of cyclic esters (lactones) is 1. The fraction of sp³-hybridized carbons (Fsp3) is 0.441. The second kappa shape index (κ2) is 27.2. The predicted molar refractivity (Wildman–Crippen MR) is 352 cm³/mol.